The number of H-pyrrole nitrogens is 2. The Balaban J connectivity index is 0.000000169. The number of carbonyl (C=O) groups is 3. The minimum Gasteiger partial charge on any atom is -0.497 e. The molecular weight excluding hydrogens is 1670 g/mol. The van der Waals surface area contributed by atoms with Gasteiger partial charge in [0.1, 0.15) is 78.9 Å². The van der Waals surface area contributed by atoms with Gasteiger partial charge in [0, 0.05) is 99.1 Å². The lowest BCUT2D eigenvalue weighted by Crippen LogP contribution is -2.52. The maximum Gasteiger partial charge on any atom is 0.367 e. The third-order valence-corrected chi connectivity index (χ3v) is 22.0. The molecule has 9 unspecified atom stereocenters. The molecule has 674 valence electrons. The normalized spacial score (nSPS) is 20.9. The number of carboxylic acid groups (broad SMARTS) is 1. The Morgan fingerprint density at radius 1 is 0.709 bits per heavy atom. The number of nitrogens with zero attached hydrogens (tertiary/aromatic N) is 8. The summed E-state index contributed by atoms with van der Waals surface area (Å²) in [4.78, 5) is 83.8. The number of aliphatic hydroxyl groups excluding tert-OH is 2. The van der Waals surface area contributed by atoms with E-state index in [9.17, 15) is 54.6 Å². The first kappa shape index (κ1) is 99.5. The number of aliphatic carboxylic acids is 1. The smallest absolute Gasteiger partial charge is 0.367 e. The van der Waals surface area contributed by atoms with E-state index in [1.165, 1.54) is 42.8 Å². The lowest BCUT2D eigenvalue weighted by Gasteiger charge is -2.44. The number of pyridine rings is 1. The number of ketones is 1. The van der Waals surface area contributed by atoms with Crippen LogP contribution in [-0.2, 0) is 49.4 Å². The Hall–Kier alpha value is -11.3. The number of hydrogen-bond donors (Lipinski definition) is 10. The minimum absolute atomic E-state index is 0.0335. The van der Waals surface area contributed by atoms with E-state index in [0.29, 0.717) is 44.6 Å². The number of aromatic nitrogens is 10. The van der Waals surface area contributed by atoms with Crippen LogP contribution in [0.1, 0.15) is 170 Å². The van der Waals surface area contributed by atoms with E-state index >= 15 is 0 Å². The number of aromatic amines is 2. The lowest BCUT2D eigenvalue weighted by atomic mass is 9.64. The Bertz CT molecular complexity index is 5450. The van der Waals surface area contributed by atoms with Crippen LogP contribution in [0.4, 0.5) is 5.69 Å². The third-order valence-electron chi connectivity index (χ3n) is 21.5. The number of ether oxygens (including phenoxy) is 6. The monoisotopic (exact) mass is 1780 g/mol. The zero-order valence-corrected chi connectivity index (χ0v) is 75.0. The van der Waals surface area contributed by atoms with Gasteiger partial charge in [-0.3, -0.25) is 39.6 Å². The SMILES string of the molecule is CC(C)(C)C(O)/C(=C\c1ccc(Cl)cc1)n1cncn1.CC1(C)OCC2OC3(C(=O)O)OC(C)(C)OC3C2O1.CC1=CC(=O)CC(C)(C)C1(O)/C=C/C(C)=C\COO.COc1ccc(C(O)(c2cncnc2)C2CC2)cc1.Cc1ccc(C(O)(c2cncnc2)C(C)C)cc1.O=C(Nc1ccc(Cl)cc1C(O)c1ccccc1)c1ccncc1.O=c1ccc(=O)[nH][nH]1. The van der Waals surface area contributed by atoms with Gasteiger partial charge >= 0.3 is 11.8 Å². The van der Waals surface area contributed by atoms with E-state index < -0.39 is 76.1 Å². The summed E-state index contributed by atoms with van der Waals surface area (Å²) in [5, 5.41) is 84.3. The Morgan fingerprint density at radius 3 is 1.83 bits per heavy atom. The van der Waals surface area contributed by atoms with Crippen molar-refractivity contribution in [1.82, 2.24) is 49.9 Å². The highest BCUT2D eigenvalue weighted by Gasteiger charge is 2.71. The fraction of sp³-hybridized carbons (Fsp3) is 0.368. The summed E-state index contributed by atoms with van der Waals surface area (Å²) >= 11 is 12.0. The van der Waals surface area contributed by atoms with Crippen molar-refractivity contribution in [3.8, 4) is 5.75 Å². The number of amides is 1. The van der Waals surface area contributed by atoms with E-state index in [1.54, 1.807) is 138 Å². The van der Waals surface area contributed by atoms with Crippen LogP contribution in [0.25, 0.3) is 11.8 Å². The van der Waals surface area contributed by atoms with Gasteiger partial charge in [-0.25, -0.2) is 39.3 Å². The number of anilines is 1. The average molecular weight is 1780 g/mol. The van der Waals surface area contributed by atoms with E-state index in [1.807, 2.05) is 172 Å². The van der Waals surface area contributed by atoms with Crippen molar-refractivity contribution in [3.63, 3.8) is 0 Å². The van der Waals surface area contributed by atoms with Crippen molar-refractivity contribution in [2.75, 3.05) is 25.6 Å². The molecule has 5 aromatic heterocycles. The van der Waals surface area contributed by atoms with Gasteiger partial charge in [-0.15, -0.1) is 0 Å². The minimum atomic E-state index is -1.82. The summed E-state index contributed by atoms with van der Waals surface area (Å²) in [6.45, 7) is 26.5. The highest BCUT2D eigenvalue weighted by molar-refractivity contribution is 6.31. The first-order valence-electron chi connectivity index (χ1n) is 40.9. The van der Waals surface area contributed by atoms with Gasteiger partial charge in [-0.1, -0.05) is 174 Å². The van der Waals surface area contributed by atoms with E-state index in [2.05, 4.69) is 55.4 Å². The van der Waals surface area contributed by atoms with Gasteiger partial charge < -0.3 is 64.4 Å². The van der Waals surface area contributed by atoms with Crippen molar-refractivity contribution >= 4 is 58.3 Å². The quantitative estimate of drug-likeness (QED) is 0.0204. The predicted octanol–water partition coefficient (Wildman–Crippen LogP) is 14.4. The first-order valence-corrected chi connectivity index (χ1v) is 41.6. The fourth-order valence-electron chi connectivity index (χ4n) is 14.3. The highest BCUT2D eigenvalue weighted by Crippen LogP contribution is 2.51. The molecule has 5 aromatic carbocycles. The Kier molecular flexibility index (Phi) is 34.0. The number of nitrogens with one attached hydrogen (secondary N) is 3. The van der Waals surface area contributed by atoms with Gasteiger partial charge in [0.15, 0.2) is 23.5 Å². The maximum absolute atomic E-state index is 12.4. The zero-order valence-electron chi connectivity index (χ0n) is 73.5. The summed E-state index contributed by atoms with van der Waals surface area (Å²) < 4.78 is 34.7. The molecule has 9 atom stereocenters. The second-order valence-electron chi connectivity index (χ2n) is 33.7. The van der Waals surface area contributed by atoms with Crippen LogP contribution in [0.3, 0.4) is 0 Å². The van der Waals surface area contributed by atoms with Crippen LogP contribution in [0, 0.1) is 29.6 Å². The van der Waals surface area contributed by atoms with E-state index in [0.717, 1.165) is 57.5 Å². The van der Waals surface area contributed by atoms with Crippen LogP contribution in [0.5, 0.6) is 5.75 Å². The molecule has 0 spiro atoms. The fourth-order valence-corrected chi connectivity index (χ4v) is 14.6. The summed E-state index contributed by atoms with van der Waals surface area (Å²) in [6, 6.07) is 42.7. The van der Waals surface area contributed by atoms with E-state index in [4.69, 9.17) is 56.9 Å². The number of aliphatic hydroxyl groups is 5. The molecule has 5 aliphatic rings. The van der Waals surface area contributed by atoms with Crippen LogP contribution >= 0.6 is 23.2 Å². The summed E-state index contributed by atoms with van der Waals surface area (Å²) in [5.74, 6) is -4.02. The molecule has 4 fully saturated rings. The highest BCUT2D eigenvalue weighted by atomic mass is 35.5. The van der Waals surface area contributed by atoms with Crippen LogP contribution in [0.2, 0.25) is 10.0 Å². The lowest BCUT2D eigenvalue weighted by molar-refractivity contribution is -0.325. The molecular formula is C95H111Cl2N11O19. The van der Waals surface area contributed by atoms with Gasteiger partial charge in [0.05, 0.1) is 19.4 Å². The number of benzene rings is 5. The van der Waals surface area contributed by atoms with Crippen molar-refractivity contribution in [3.05, 3.63) is 324 Å². The second kappa shape index (κ2) is 43.5. The molecule has 127 heavy (non-hydrogen) atoms. The molecule has 10 aromatic rings. The molecule has 32 heteroatoms. The van der Waals surface area contributed by atoms with Gasteiger partial charge in [0.25, 0.3) is 17.0 Å². The molecule has 3 aliphatic heterocycles. The van der Waals surface area contributed by atoms with Gasteiger partial charge in [0.2, 0.25) is 0 Å². The molecule has 15 rings (SSSR count). The molecule has 8 heterocycles. The molecule has 0 radical (unpaired) electrons. The second-order valence-corrected chi connectivity index (χ2v) is 34.6. The third kappa shape index (κ3) is 26.0. The molecule has 1 saturated carbocycles. The van der Waals surface area contributed by atoms with Crippen LogP contribution in [0.15, 0.2) is 253 Å². The Morgan fingerprint density at radius 2 is 1.30 bits per heavy atom. The number of aryl methyl sites for hydroxylation is 1. The molecule has 3 saturated heterocycles. The predicted molar refractivity (Wildman–Crippen MR) is 478 cm³/mol. The molecule has 0 bridgehead atoms. The Labute approximate surface area is 747 Å². The number of rotatable bonds is 19. The number of carboxylic acids is 1. The topological polar surface area (TPSA) is 430 Å². The first-order chi connectivity index (χ1) is 60.0. The van der Waals surface area contributed by atoms with Crippen molar-refractivity contribution in [1.29, 1.82) is 0 Å². The average Bonchev–Trinajstić information content (AvgIpc) is 1.55. The van der Waals surface area contributed by atoms with Crippen LogP contribution in [-0.4, -0.2) is 171 Å². The van der Waals surface area contributed by atoms with Gasteiger partial charge in [-0.2, -0.15) is 5.10 Å². The number of carbonyl (C=O) groups excluding carboxylic acids is 2. The molecule has 1 amide bonds. The maximum atomic E-state index is 12.4. The number of fused-ring (bicyclic) bond motifs is 3. The molecule has 2 aliphatic carbocycles. The molecule has 30 nitrogen and oxygen atoms in total. The van der Waals surface area contributed by atoms with Crippen LogP contribution < -0.4 is 21.2 Å². The zero-order chi connectivity index (χ0) is 92.9. The van der Waals surface area contributed by atoms with Crippen molar-refractivity contribution in [2.45, 2.75) is 181 Å². The number of halogens is 2. The standard InChI is InChI=1S/C19H15ClN2O2.C15H18ClN3O.C15H16N2O2.C15H18N2O.C15H22O4.C12H18O7.C4H4N2O2/c20-15-6-7-17(22-19(24)14-8-10-21-11-9-14)16(12-15)18(23)13-4-2-1-3-5-13;1-15(2,3)14(20)13(19-10-17-9-18-19)8-11-4-6-12(16)7-5-11;1-19-14-6-4-12(5-7-14)15(18,11-2-3-11)13-8-16-10-17-9-13;1-11(2)15(18,14-8-16-10-17-9-14)13-6-4-12(3)5-7-13;1-11(6-8-19-18)5-7-15(17)12(2)9-13(16)10-14(15,3)4;1-10(2)15-5-6-7(17-10)8-12(16-6,9(13)14)19-11(3,4)18-8;7-3-1-2-4(8)6-5-3/h1-12,18,23H,(H,22,24);4-10,14,20H,1-3H3;4-11,18H,2-3H2,1H3;4-11,18H,1-3H3;5-7,9,17-18H,8,10H2,1-4H3;6-8H,5H2,1-4H3,(H,13,14);1-2H,(H,5,7)(H,6,8)/b;13-8+;;;7-5+,11-6-;;. The number of methoxy groups -OCH3 is 1. The summed E-state index contributed by atoms with van der Waals surface area (Å²) in [5.41, 5.74) is 5.15. The summed E-state index contributed by atoms with van der Waals surface area (Å²) in [6.07, 6.45) is 23.3. The van der Waals surface area contributed by atoms with E-state index in [-0.39, 0.29) is 53.3 Å². The summed E-state index contributed by atoms with van der Waals surface area (Å²) in [7, 11) is 1.63. The molecule has 10 N–H and O–H groups in total. The number of hydrogen-bond acceptors (Lipinski definition) is 25. The van der Waals surface area contributed by atoms with Gasteiger partial charge in [-0.05, 0) is 179 Å². The largest absolute Gasteiger partial charge is 0.497 e. The van der Waals surface area contributed by atoms with Crippen molar-refractivity contribution in [2.24, 2.45) is 22.7 Å². The number of allylic oxidation sites excluding steroid dienone is 3. The van der Waals surface area contributed by atoms with Crippen molar-refractivity contribution < 1.29 is 83.6 Å².